The highest BCUT2D eigenvalue weighted by atomic mass is 127. The topological polar surface area (TPSA) is 77.2 Å². The molecule has 0 bridgehead atoms. The van der Waals surface area contributed by atoms with E-state index >= 15 is 0 Å². The number of anilines is 1. The SMILES string of the molecule is CN=C(NCCCN1CCCC(C(N)=O)C1)N1CCN(c2ccccc2)CC1.I. The van der Waals surface area contributed by atoms with Crippen LogP contribution in [0.4, 0.5) is 5.69 Å². The molecule has 8 heteroatoms. The van der Waals surface area contributed by atoms with E-state index in [-0.39, 0.29) is 35.8 Å². The van der Waals surface area contributed by atoms with Crippen molar-refractivity contribution in [2.45, 2.75) is 19.3 Å². The molecule has 2 heterocycles. The molecule has 0 radical (unpaired) electrons. The number of aliphatic imine (C=N–C) groups is 1. The number of nitrogens with two attached hydrogens (primary N) is 1. The summed E-state index contributed by atoms with van der Waals surface area (Å²) >= 11 is 0. The Morgan fingerprint density at radius 2 is 1.90 bits per heavy atom. The Morgan fingerprint density at radius 3 is 2.55 bits per heavy atom. The highest BCUT2D eigenvalue weighted by molar-refractivity contribution is 14.0. The van der Waals surface area contributed by atoms with Gasteiger partial charge in [-0.1, -0.05) is 18.2 Å². The molecule has 0 aliphatic carbocycles. The van der Waals surface area contributed by atoms with Gasteiger partial charge in [0.1, 0.15) is 0 Å². The van der Waals surface area contributed by atoms with Crippen LogP contribution < -0.4 is 16.0 Å². The first-order valence-electron chi connectivity index (χ1n) is 10.4. The summed E-state index contributed by atoms with van der Waals surface area (Å²) in [7, 11) is 1.86. The summed E-state index contributed by atoms with van der Waals surface area (Å²) in [4.78, 5) is 23.0. The first-order chi connectivity index (χ1) is 13.7. The van der Waals surface area contributed by atoms with Crippen LogP contribution in [-0.2, 0) is 4.79 Å². The van der Waals surface area contributed by atoms with Gasteiger partial charge in [0.05, 0.1) is 5.92 Å². The smallest absolute Gasteiger partial charge is 0.221 e. The van der Waals surface area contributed by atoms with Crippen LogP contribution in [0, 0.1) is 5.92 Å². The van der Waals surface area contributed by atoms with E-state index in [0.717, 1.165) is 77.6 Å². The van der Waals surface area contributed by atoms with Crippen molar-refractivity contribution >= 4 is 41.5 Å². The van der Waals surface area contributed by atoms with Gasteiger partial charge in [-0.3, -0.25) is 9.79 Å². The summed E-state index contributed by atoms with van der Waals surface area (Å²) in [6, 6.07) is 10.6. The molecule has 1 aromatic carbocycles. The Kier molecular flexibility index (Phi) is 9.99. The number of para-hydroxylation sites is 1. The van der Waals surface area contributed by atoms with Gasteiger partial charge in [-0.05, 0) is 44.5 Å². The van der Waals surface area contributed by atoms with Crippen molar-refractivity contribution < 1.29 is 4.79 Å². The maximum Gasteiger partial charge on any atom is 0.221 e. The maximum absolute atomic E-state index is 11.4. The van der Waals surface area contributed by atoms with E-state index in [2.05, 4.69) is 55.3 Å². The number of piperidine rings is 1. The first-order valence-corrected chi connectivity index (χ1v) is 10.4. The van der Waals surface area contributed by atoms with E-state index in [1.165, 1.54) is 5.69 Å². The fourth-order valence-electron chi connectivity index (χ4n) is 4.14. The monoisotopic (exact) mass is 514 g/mol. The second kappa shape index (κ2) is 12.2. The quantitative estimate of drug-likeness (QED) is 0.261. The van der Waals surface area contributed by atoms with Crippen molar-refractivity contribution in [3.05, 3.63) is 30.3 Å². The van der Waals surface area contributed by atoms with Crippen molar-refractivity contribution in [1.82, 2.24) is 15.1 Å². The third-order valence-electron chi connectivity index (χ3n) is 5.75. The summed E-state index contributed by atoms with van der Waals surface area (Å²) in [5.74, 6) is 0.856. The van der Waals surface area contributed by atoms with Crippen molar-refractivity contribution in [3.8, 4) is 0 Å². The number of halogens is 1. The molecule has 2 saturated heterocycles. The van der Waals surface area contributed by atoms with Crippen LogP contribution in [-0.4, -0.2) is 81.1 Å². The summed E-state index contributed by atoms with van der Waals surface area (Å²) in [6.45, 7) is 7.73. The predicted octanol–water partition coefficient (Wildman–Crippen LogP) is 1.59. The Hall–Kier alpha value is -1.55. The second-order valence-electron chi connectivity index (χ2n) is 7.68. The Labute approximate surface area is 191 Å². The Balaban J connectivity index is 0.00000300. The van der Waals surface area contributed by atoms with E-state index < -0.39 is 0 Å². The van der Waals surface area contributed by atoms with Crippen LogP contribution in [0.3, 0.4) is 0 Å². The average molecular weight is 514 g/mol. The molecule has 3 N–H and O–H groups in total. The van der Waals surface area contributed by atoms with E-state index in [4.69, 9.17) is 5.73 Å². The highest BCUT2D eigenvalue weighted by Crippen LogP contribution is 2.16. The lowest BCUT2D eigenvalue weighted by atomic mass is 9.97. The van der Waals surface area contributed by atoms with E-state index in [1.807, 2.05) is 7.05 Å². The Bertz CT molecular complexity index is 648. The molecule has 1 atom stereocenters. The molecule has 1 aromatic rings. The lowest BCUT2D eigenvalue weighted by Gasteiger charge is -2.37. The van der Waals surface area contributed by atoms with Gasteiger partial charge in [0.25, 0.3) is 0 Å². The average Bonchev–Trinajstić information content (AvgIpc) is 2.75. The zero-order valence-electron chi connectivity index (χ0n) is 17.4. The first kappa shape index (κ1) is 23.7. The molecule has 1 amide bonds. The van der Waals surface area contributed by atoms with Crippen molar-refractivity contribution in [2.75, 3.05) is 64.3 Å². The number of hydrogen-bond acceptors (Lipinski definition) is 4. The lowest BCUT2D eigenvalue weighted by Crippen LogP contribution is -2.52. The van der Waals surface area contributed by atoms with Crippen LogP contribution in [0.5, 0.6) is 0 Å². The Morgan fingerprint density at radius 1 is 1.17 bits per heavy atom. The molecular weight excluding hydrogens is 479 g/mol. The van der Waals surface area contributed by atoms with Crippen LogP contribution in [0.1, 0.15) is 19.3 Å². The molecule has 2 aliphatic rings. The van der Waals surface area contributed by atoms with Crippen LogP contribution in [0.15, 0.2) is 35.3 Å². The van der Waals surface area contributed by atoms with Crippen molar-refractivity contribution in [1.29, 1.82) is 0 Å². The maximum atomic E-state index is 11.4. The van der Waals surface area contributed by atoms with Gasteiger partial charge in [-0.2, -0.15) is 0 Å². The number of piperazine rings is 1. The number of nitrogens with zero attached hydrogens (tertiary/aromatic N) is 4. The fourth-order valence-corrected chi connectivity index (χ4v) is 4.14. The molecule has 0 aromatic heterocycles. The van der Waals surface area contributed by atoms with Crippen LogP contribution in [0.25, 0.3) is 0 Å². The molecule has 0 spiro atoms. The number of nitrogens with one attached hydrogen (secondary N) is 1. The summed E-state index contributed by atoms with van der Waals surface area (Å²) in [5.41, 5.74) is 6.76. The number of amides is 1. The number of primary amides is 1. The third-order valence-corrected chi connectivity index (χ3v) is 5.75. The molecule has 162 valence electrons. The van der Waals surface area contributed by atoms with Gasteiger partial charge in [0.2, 0.25) is 5.91 Å². The molecule has 29 heavy (non-hydrogen) atoms. The molecule has 3 rings (SSSR count). The van der Waals surface area contributed by atoms with E-state index in [1.54, 1.807) is 0 Å². The number of benzene rings is 1. The number of likely N-dealkylation sites (tertiary alicyclic amines) is 1. The zero-order chi connectivity index (χ0) is 19.8. The minimum Gasteiger partial charge on any atom is -0.369 e. The van der Waals surface area contributed by atoms with E-state index in [0.29, 0.717) is 0 Å². The second-order valence-corrected chi connectivity index (χ2v) is 7.68. The number of carbonyl (C=O) groups excluding carboxylic acids is 1. The van der Waals surface area contributed by atoms with Gasteiger partial charge in [-0.25, -0.2) is 0 Å². The van der Waals surface area contributed by atoms with Crippen molar-refractivity contribution in [3.63, 3.8) is 0 Å². The molecule has 2 aliphatic heterocycles. The normalized spacial score (nSPS) is 20.9. The largest absolute Gasteiger partial charge is 0.369 e. The zero-order valence-corrected chi connectivity index (χ0v) is 19.8. The fraction of sp³-hybridized carbons (Fsp3) is 0.619. The molecule has 7 nitrogen and oxygen atoms in total. The molecule has 0 saturated carbocycles. The minimum atomic E-state index is -0.155. The van der Waals surface area contributed by atoms with Gasteiger partial charge in [0, 0.05) is 52.0 Å². The molecule has 1 unspecified atom stereocenters. The number of guanidine groups is 1. The molecular formula is C21H35IN6O. The standard InChI is InChI=1S/C21H34N6O.HI/c1-23-21(24-10-6-12-25-11-5-7-18(17-25)20(22)28)27-15-13-26(14-16-27)19-8-3-2-4-9-19;/h2-4,8-9,18H,5-7,10-17H2,1H3,(H2,22,28)(H,23,24);1H. The van der Waals surface area contributed by atoms with Crippen LogP contribution >= 0.6 is 24.0 Å². The summed E-state index contributed by atoms with van der Waals surface area (Å²) in [5, 5.41) is 3.51. The van der Waals surface area contributed by atoms with Gasteiger partial charge >= 0.3 is 0 Å². The van der Waals surface area contributed by atoms with Gasteiger partial charge < -0.3 is 25.8 Å². The number of rotatable bonds is 6. The van der Waals surface area contributed by atoms with Crippen LogP contribution in [0.2, 0.25) is 0 Å². The lowest BCUT2D eigenvalue weighted by molar-refractivity contribution is -0.123. The van der Waals surface area contributed by atoms with Crippen molar-refractivity contribution in [2.24, 2.45) is 16.6 Å². The number of carbonyl (C=O) groups is 1. The highest BCUT2D eigenvalue weighted by Gasteiger charge is 2.23. The van der Waals surface area contributed by atoms with Gasteiger partial charge in [-0.15, -0.1) is 24.0 Å². The predicted molar refractivity (Wildman–Crippen MR) is 130 cm³/mol. The summed E-state index contributed by atoms with van der Waals surface area (Å²) in [6.07, 6.45) is 3.04. The summed E-state index contributed by atoms with van der Waals surface area (Å²) < 4.78 is 0. The number of hydrogen-bond donors (Lipinski definition) is 2. The third kappa shape index (κ3) is 7.02. The minimum absolute atomic E-state index is 0. The van der Waals surface area contributed by atoms with E-state index in [9.17, 15) is 4.79 Å². The van der Waals surface area contributed by atoms with Gasteiger partial charge in [0.15, 0.2) is 5.96 Å². The molecule has 2 fully saturated rings.